The predicted octanol–water partition coefficient (Wildman–Crippen LogP) is 6.06. The number of hydrogen-bond donors (Lipinski definition) is 1. The first-order valence-electron chi connectivity index (χ1n) is 15.8. The zero-order valence-electron chi connectivity index (χ0n) is 25.2. The van der Waals surface area contributed by atoms with Crippen molar-refractivity contribution in [2.75, 3.05) is 6.61 Å². The van der Waals surface area contributed by atoms with E-state index in [0.29, 0.717) is 34.6 Å². The second-order valence-electron chi connectivity index (χ2n) is 13.5. The lowest BCUT2D eigenvalue weighted by molar-refractivity contribution is -0.150. The van der Waals surface area contributed by atoms with Crippen molar-refractivity contribution in [2.24, 2.45) is 35.0 Å². The lowest BCUT2D eigenvalue weighted by atomic mass is 9.49. The van der Waals surface area contributed by atoms with Crippen molar-refractivity contribution in [1.82, 2.24) is 0 Å². The molecule has 1 saturated heterocycles. The number of hydrogen-bond acceptors (Lipinski definition) is 8. The van der Waals surface area contributed by atoms with E-state index in [9.17, 15) is 19.5 Å². The van der Waals surface area contributed by atoms with Crippen LogP contribution in [0, 0.1) is 35.0 Å². The molecule has 10 atom stereocenters. The Labute approximate surface area is 252 Å². The Morgan fingerprint density at radius 3 is 2.76 bits per heavy atom. The first-order valence-corrected chi connectivity index (χ1v) is 16.7. The average Bonchev–Trinajstić information content (AvgIpc) is 3.31. The van der Waals surface area contributed by atoms with E-state index in [-0.39, 0.29) is 48.4 Å². The number of unbranched alkanes of at least 4 members (excludes halogenated alkanes) is 1. The maximum atomic E-state index is 13.9. The summed E-state index contributed by atoms with van der Waals surface area (Å²) in [5.74, 6) is 0.960. The molecule has 2 aliphatic heterocycles. The number of rotatable bonds is 9. The van der Waals surface area contributed by atoms with Crippen LogP contribution in [0.15, 0.2) is 40.8 Å². The first kappa shape index (κ1) is 29.8. The van der Waals surface area contributed by atoms with Crippen molar-refractivity contribution in [3.8, 4) is 0 Å². The molecule has 0 aromatic carbocycles. The molecule has 42 heavy (non-hydrogen) atoms. The number of aliphatic hydroxyl groups is 1. The Morgan fingerprint density at radius 1 is 1.26 bits per heavy atom. The smallest absolute Gasteiger partial charge is 0.348 e. The summed E-state index contributed by atoms with van der Waals surface area (Å²) in [6.07, 6.45) is 10.4. The molecule has 0 amide bonds. The van der Waals surface area contributed by atoms with Crippen LogP contribution < -0.4 is 0 Å². The highest BCUT2D eigenvalue weighted by molar-refractivity contribution is 7.11. The zero-order valence-corrected chi connectivity index (χ0v) is 26.0. The maximum absolute atomic E-state index is 13.9. The third-order valence-electron chi connectivity index (χ3n) is 11.6. The highest BCUT2D eigenvalue weighted by Crippen LogP contribution is 2.69. The van der Waals surface area contributed by atoms with Gasteiger partial charge in [-0.2, -0.15) is 0 Å². The second-order valence-corrected chi connectivity index (χ2v) is 14.5. The monoisotopic (exact) mass is 596 g/mol. The van der Waals surface area contributed by atoms with Gasteiger partial charge in [-0.15, -0.1) is 11.3 Å². The standard InChI is InChI=1S/C34H44O7S/c1-5-6-8-25-23(22-11-10-21(16-22)20(3)26-15-19(2)24(18-35)31(37)39-26)17-30-34(41-30)29(13-12-28(36)33(25,34)4)40-32(38)27-9-7-14-42-27/h7,9,12-14,20-23,25-26,29-30,35H,5-6,8,10-11,15-18H2,1-4H3/t20-,21-,22+,23-,25-,26+,29-,30+,33-,34+/m0/s1. The predicted molar refractivity (Wildman–Crippen MR) is 159 cm³/mol. The number of ether oxygens (including phenoxy) is 3. The van der Waals surface area contributed by atoms with Gasteiger partial charge in [-0.05, 0) is 99.1 Å². The fourth-order valence-corrected chi connectivity index (χ4v) is 9.74. The summed E-state index contributed by atoms with van der Waals surface area (Å²) in [4.78, 5) is 39.9. The Balaban J connectivity index is 1.22. The van der Waals surface area contributed by atoms with E-state index in [4.69, 9.17) is 14.2 Å². The van der Waals surface area contributed by atoms with Crippen LogP contribution in [0.4, 0.5) is 0 Å². The van der Waals surface area contributed by atoms with E-state index in [1.54, 1.807) is 18.2 Å². The zero-order chi connectivity index (χ0) is 29.8. The van der Waals surface area contributed by atoms with E-state index < -0.39 is 17.1 Å². The number of carbonyl (C=O) groups is 3. The molecule has 2 saturated carbocycles. The minimum atomic E-state index is -0.795. The van der Waals surface area contributed by atoms with Crippen molar-refractivity contribution in [2.45, 2.75) is 103 Å². The number of cyclic esters (lactones) is 1. The van der Waals surface area contributed by atoms with Crippen LogP contribution in [-0.4, -0.2) is 53.3 Å². The normalized spacial score (nSPS) is 39.9. The van der Waals surface area contributed by atoms with Crippen molar-refractivity contribution < 1.29 is 33.7 Å². The van der Waals surface area contributed by atoms with Gasteiger partial charge in [0.15, 0.2) is 11.9 Å². The topological polar surface area (TPSA) is 102 Å². The Bertz CT molecular complexity index is 1280. The molecule has 228 valence electrons. The minimum absolute atomic E-state index is 0.0956. The lowest BCUT2D eigenvalue weighted by Crippen LogP contribution is -2.62. The van der Waals surface area contributed by atoms with E-state index in [1.165, 1.54) is 11.3 Å². The van der Waals surface area contributed by atoms with Crippen LogP contribution in [0.25, 0.3) is 0 Å². The first-order chi connectivity index (χ1) is 20.1. The molecule has 1 aromatic heterocycles. The number of aliphatic hydroxyl groups excluding tert-OH is 1. The molecular formula is C34H44O7S. The van der Waals surface area contributed by atoms with Gasteiger partial charge in [-0.1, -0.05) is 38.3 Å². The fourth-order valence-electron chi connectivity index (χ4n) is 9.13. The van der Waals surface area contributed by atoms with Gasteiger partial charge in [-0.25, -0.2) is 9.59 Å². The molecular weight excluding hydrogens is 552 g/mol. The molecule has 3 heterocycles. The van der Waals surface area contributed by atoms with Gasteiger partial charge in [0.1, 0.15) is 16.6 Å². The summed E-state index contributed by atoms with van der Waals surface area (Å²) in [6, 6.07) is 3.60. The van der Waals surface area contributed by atoms with Crippen molar-refractivity contribution in [3.05, 3.63) is 45.7 Å². The number of carbonyl (C=O) groups excluding carboxylic acids is 3. The molecule has 8 heteroatoms. The number of ketones is 1. The molecule has 0 radical (unpaired) electrons. The summed E-state index contributed by atoms with van der Waals surface area (Å²) in [7, 11) is 0. The van der Waals surface area contributed by atoms with Crippen LogP contribution in [0.5, 0.6) is 0 Å². The molecule has 3 aliphatic carbocycles. The summed E-state index contributed by atoms with van der Waals surface area (Å²) in [5, 5.41) is 11.4. The minimum Gasteiger partial charge on any atom is -0.458 e. The van der Waals surface area contributed by atoms with Crippen LogP contribution >= 0.6 is 11.3 Å². The van der Waals surface area contributed by atoms with E-state index in [0.717, 1.165) is 50.5 Å². The lowest BCUT2D eigenvalue weighted by Gasteiger charge is -2.52. The van der Waals surface area contributed by atoms with Crippen molar-refractivity contribution >= 4 is 29.1 Å². The number of allylic oxidation sites excluding steroid dienone is 1. The highest BCUT2D eigenvalue weighted by Gasteiger charge is 2.80. The van der Waals surface area contributed by atoms with Crippen molar-refractivity contribution in [3.63, 3.8) is 0 Å². The maximum Gasteiger partial charge on any atom is 0.348 e. The molecule has 1 spiro atoms. The van der Waals surface area contributed by atoms with E-state index in [1.807, 2.05) is 18.4 Å². The van der Waals surface area contributed by atoms with E-state index >= 15 is 0 Å². The van der Waals surface area contributed by atoms with Gasteiger partial charge in [0.05, 0.1) is 23.7 Å². The summed E-state index contributed by atoms with van der Waals surface area (Å²) in [5.41, 5.74) is -0.219. The quantitative estimate of drug-likeness (QED) is 0.273. The van der Waals surface area contributed by atoms with Gasteiger partial charge < -0.3 is 19.3 Å². The van der Waals surface area contributed by atoms with Gasteiger partial charge in [0.25, 0.3) is 0 Å². The van der Waals surface area contributed by atoms with Crippen molar-refractivity contribution in [1.29, 1.82) is 0 Å². The number of esters is 2. The Morgan fingerprint density at radius 2 is 2.07 bits per heavy atom. The summed E-state index contributed by atoms with van der Waals surface area (Å²) < 4.78 is 18.4. The third kappa shape index (κ3) is 4.63. The van der Waals surface area contributed by atoms with Crippen LogP contribution in [-0.2, 0) is 23.8 Å². The third-order valence-corrected chi connectivity index (χ3v) is 12.5. The van der Waals surface area contributed by atoms with Gasteiger partial charge in [-0.3, -0.25) is 4.79 Å². The molecule has 3 fully saturated rings. The van der Waals surface area contributed by atoms with E-state index in [2.05, 4.69) is 20.8 Å². The number of epoxide rings is 1. The van der Waals surface area contributed by atoms with Gasteiger partial charge >= 0.3 is 11.9 Å². The molecule has 5 aliphatic rings. The molecule has 0 bridgehead atoms. The second kappa shape index (κ2) is 11.3. The largest absolute Gasteiger partial charge is 0.458 e. The van der Waals surface area contributed by atoms with Crippen LogP contribution in [0.1, 0.15) is 88.7 Å². The molecule has 6 rings (SSSR count). The van der Waals surface area contributed by atoms with Crippen LogP contribution in [0.3, 0.4) is 0 Å². The molecule has 0 unspecified atom stereocenters. The SMILES string of the molecule is CCCC[C@H]1[C@H]([C@@H]2CC[C@H]([C@H](C)[C@H]3CC(C)=C(CO)C(=O)O3)C2)C[C@H]2O[C@]23[C@@H](OC(=O)c2cccs2)C=CC(=O)[C@]13C. The molecule has 1 aromatic rings. The molecule has 1 N–H and O–H groups in total. The fraction of sp³-hybridized carbons (Fsp3) is 0.676. The van der Waals surface area contributed by atoms with Gasteiger partial charge in [0, 0.05) is 6.42 Å². The summed E-state index contributed by atoms with van der Waals surface area (Å²) in [6.45, 7) is 8.13. The Hall–Kier alpha value is -2.29. The van der Waals surface area contributed by atoms with Crippen LogP contribution in [0.2, 0.25) is 0 Å². The van der Waals surface area contributed by atoms with Gasteiger partial charge in [0.2, 0.25) is 0 Å². The average molecular weight is 597 g/mol. The highest BCUT2D eigenvalue weighted by atomic mass is 32.1. The number of thiophene rings is 1. The summed E-state index contributed by atoms with van der Waals surface area (Å²) >= 11 is 1.36. The Kier molecular flexibility index (Phi) is 8.03. The molecule has 7 nitrogen and oxygen atoms in total.